The molecule has 0 aliphatic rings. The minimum Gasteiger partial charge on any atom is -0.438 e. The molecule has 0 radical (unpaired) electrons. The minimum absolute atomic E-state index is 0.826. The Labute approximate surface area is 184 Å². The first-order chi connectivity index (χ1) is 14.5. The van der Waals surface area contributed by atoms with Crippen LogP contribution in [0.3, 0.4) is 0 Å². The van der Waals surface area contributed by atoms with E-state index in [1.807, 2.05) is 6.08 Å². The van der Waals surface area contributed by atoms with Crippen LogP contribution < -0.4 is 0 Å². The lowest BCUT2D eigenvalue weighted by molar-refractivity contribution is 0.0625. The van der Waals surface area contributed by atoms with Gasteiger partial charge in [-0.05, 0) is 18.9 Å². The second kappa shape index (κ2) is 20.1. The molecular formula is C23H45O6P. The molecule has 0 bridgehead atoms. The van der Waals surface area contributed by atoms with Gasteiger partial charge in [0.15, 0.2) is 0 Å². The lowest BCUT2D eigenvalue weighted by atomic mass is 10.0. The first kappa shape index (κ1) is 29.2. The van der Waals surface area contributed by atoms with E-state index >= 15 is 0 Å². The van der Waals surface area contributed by atoms with Crippen molar-refractivity contribution in [2.24, 2.45) is 0 Å². The molecular weight excluding hydrogens is 403 g/mol. The SMILES string of the molecule is CCCCCCCCCCCCCCCC/C=C/C(OC(=O)OC)P(=O)(OC)OC. The number of carbonyl (C=O) groups excluding carboxylic acids is 1. The Morgan fingerprint density at radius 2 is 1.20 bits per heavy atom. The molecule has 30 heavy (non-hydrogen) atoms. The minimum atomic E-state index is -3.56. The fraction of sp³-hybridized carbons (Fsp3) is 0.870. The lowest BCUT2D eigenvalue weighted by Gasteiger charge is -2.20. The summed E-state index contributed by atoms with van der Waals surface area (Å²) in [6.07, 6.45) is 21.8. The molecule has 0 aliphatic heterocycles. The molecule has 0 fully saturated rings. The van der Waals surface area contributed by atoms with Crippen LogP contribution in [0.1, 0.15) is 103 Å². The molecule has 0 amide bonds. The van der Waals surface area contributed by atoms with Gasteiger partial charge in [0.05, 0.1) is 7.11 Å². The summed E-state index contributed by atoms with van der Waals surface area (Å²) in [6.45, 7) is 2.26. The van der Waals surface area contributed by atoms with Crippen molar-refractivity contribution < 1.29 is 27.9 Å². The third-order valence-electron chi connectivity index (χ3n) is 5.23. The molecule has 0 aromatic heterocycles. The van der Waals surface area contributed by atoms with Crippen LogP contribution in [0.25, 0.3) is 0 Å². The zero-order valence-electron chi connectivity index (χ0n) is 19.7. The Kier molecular flexibility index (Phi) is 19.5. The van der Waals surface area contributed by atoms with Crippen LogP contribution in [0.4, 0.5) is 4.79 Å². The van der Waals surface area contributed by atoms with E-state index in [0.29, 0.717) is 0 Å². The van der Waals surface area contributed by atoms with Crippen LogP contribution in [0, 0.1) is 0 Å². The van der Waals surface area contributed by atoms with Crippen LogP contribution in [0.5, 0.6) is 0 Å². The predicted molar refractivity (Wildman–Crippen MR) is 123 cm³/mol. The third kappa shape index (κ3) is 15.0. The molecule has 178 valence electrons. The summed E-state index contributed by atoms with van der Waals surface area (Å²) in [5.41, 5.74) is 0. The van der Waals surface area contributed by atoms with E-state index in [9.17, 15) is 9.36 Å². The van der Waals surface area contributed by atoms with Crippen molar-refractivity contribution in [1.82, 2.24) is 0 Å². The van der Waals surface area contributed by atoms with E-state index in [0.717, 1.165) is 19.3 Å². The summed E-state index contributed by atoms with van der Waals surface area (Å²) in [5.74, 6) is -1.11. The van der Waals surface area contributed by atoms with Gasteiger partial charge in [-0.25, -0.2) is 4.79 Å². The summed E-state index contributed by atoms with van der Waals surface area (Å²) in [7, 11) is 0.165. The number of allylic oxidation sites excluding steroid dienone is 1. The van der Waals surface area contributed by atoms with Gasteiger partial charge in [-0.15, -0.1) is 0 Å². The van der Waals surface area contributed by atoms with Crippen LogP contribution in [-0.4, -0.2) is 33.3 Å². The highest BCUT2D eigenvalue weighted by Gasteiger charge is 2.35. The molecule has 0 spiro atoms. The van der Waals surface area contributed by atoms with E-state index in [1.54, 1.807) is 6.08 Å². The molecule has 0 saturated carbocycles. The van der Waals surface area contributed by atoms with Crippen molar-refractivity contribution in [3.05, 3.63) is 12.2 Å². The number of methoxy groups -OCH3 is 1. The summed E-state index contributed by atoms with van der Waals surface area (Å²) in [6, 6.07) is 0. The van der Waals surface area contributed by atoms with Gasteiger partial charge in [0.2, 0.25) is 5.85 Å². The molecule has 0 aromatic rings. The van der Waals surface area contributed by atoms with Crippen molar-refractivity contribution in [2.45, 2.75) is 109 Å². The summed E-state index contributed by atoms with van der Waals surface area (Å²) < 4.78 is 31.8. The number of hydrogen-bond acceptors (Lipinski definition) is 6. The highest BCUT2D eigenvalue weighted by atomic mass is 31.2. The summed E-state index contributed by atoms with van der Waals surface area (Å²) >= 11 is 0. The van der Waals surface area contributed by atoms with Crippen molar-refractivity contribution in [2.75, 3.05) is 21.3 Å². The topological polar surface area (TPSA) is 71.1 Å². The molecule has 0 rings (SSSR count). The van der Waals surface area contributed by atoms with Crippen LogP contribution in [0.15, 0.2) is 12.2 Å². The quantitative estimate of drug-likeness (QED) is 0.0813. The molecule has 7 heteroatoms. The van der Waals surface area contributed by atoms with Gasteiger partial charge in [-0.2, -0.15) is 0 Å². The van der Waals surface area contributed by atoms with Crippen LogP contribution in [0.2, 0.25) is 0 Å². The molecule has 1 unspecified atom stereocenters. The third-order valence-corrected chi connectivity index (χ3v) is 7.15. The van der Waals surface area contributed by atoms with Crippen LogP contribution in [-0.2, 0) is 23.1 Å². The number of ether oxygens (including phenoxy) is 2. The average molecular weight is 449 g/mol. The predicted octanol–water partition coefficient (Wildman–Crippen LogP) is 8.01. The highest BCUT2D eigenvalue weighted by Crippen LogP contribution is 2.52. The van der Waals surface area contributed by atoms with Gasteiger partial charge < -0.3 is 18.5 Å². The van der Waals surface area contributed by atoms with Gasteiger partial charge >= 0.3 is 13.8 Å². The molecule has 1 atom stereocenters. The van der Waals surface area contributed by atoms with Gasteiger partial charge in [0.1, 0.15) is 0 Å². The fourth-order valence-electron chi connectivity index (χ4n) is 3.31. The zero-order valence-corrected chi connectivity index (χ0v) is 20.6. The number of hydrogen-bond donors (Lipinski definition) is 0. The molecule has 0 heterocycles. The van der Waals surface area contributed by atoms with E-state index in [2.05, 4.69) is 11.7 Å². The van der Waals surface area contributed by atoms with Crippen molar-refractivity contribution in [3.8, 4) is 0 Å². The maximum atomic E-state index is 12.5. The summed E-state index contributed by atoms with van der Waals surface area (Å²) in [5, 5.41) is 0. The second-order valence-electron chi connectivity index (χ2n) is 7.68. The fourth-order valence-corrected chi connectivity index (χ4v) is 4.42. The van der Waals surface area contributed by atoms with Crippen molar-refractivity contribution in [3.63, 3.8) is 0 Å². The van der Waals surface area contributed by atoms with E-state index < -0.39 is 19.6 Å². The summed E-state index contributed by atoms with van der Waals surface area (Å²) in [4.78, 5) is 11.4. The Bertz CT molecular complexity index is 472. The van der Waals surface area contributed by atoms with Crippen LogP contribution >= 0.6 is 7.60 Å². The Morgan fingerprint density at radius 3 is 1.60 bits per heavy atom. The monoisotopic (exact) mass is 448 g/mol. The average Bonchev–Trinajstić information content (AvgIpc) is 2.77. The van der Waals surface area contributed by atoms with Crippen molar-refractivity contribution in [1.29, 1.82) is 0 Å². The maximum Gasteiger partial charge on any atom is 0.509 e. The largest absolute Gasteiger partial charge is 0.509 e. The smallest absolute Gasteiger partial charge is 0.438 e. The molecule has 0 aromatic carbocycles. The van der Waals surface area contributed by atoms with E-state index in [4.69, 9.17) is 13.8 Å². The van der Waals surface area contributed by atoms with Gasteiger partial charge in [-0.1, -0.05) is 96.5 Å². The first-order valence-electron chi connectivity index (χ1n) is 11.7. The standard InChI is InChI=1S/C23H45O6P/c1-5-6-7-8-9-10-11-12-13-14-15-16-17-18-19-20-21-22(29-23(24)26-2)30(25,27-3)28-4/h20-22H,5-19H2,1-4H3/b21-20+. The molecule has 0 saturated heterocycles. The molecule has 0 aliphatic carbocycles. The Morgan fingerprint density at radius 1 is 0.767 bits per heavy atom. The number of carbonyl (C=O) groups is 1. The maximum absolute atomic E-state index is 12.5. The lowest BCUT2D eigenvalue weighted by Crippen LogP contribution is -2.18. The van der Waals surface area contributed by atoms with E-state index in [-0.39, 0.29) is 0 Å². The zero-order chi connectivity index (χ0) is 22.5. The van der Waals surface area contributed by atoms with Crippen molar-refractivity contribution >= 4 is 13.8 Å². The normalized spacial score (nSPS) is 12.9. The Hall–Kier alpha value is -0.840. The Balaban J connectivity index is 3.78. The van der Waals surface area contributed by atoms with Gasteiger partial charge in [-0.3, -0.25) is 4.57 Å². The van der Waals surface area contributed by atoms with Gasteiger partial charge in [0, 0.05) is 14.2 Å². The van der Waals surface area contributed by atoms with E-state index in [1.165, 1.54) is 98.4 Å². The van der Waals surface area contributed by atoms with Gasteiger partial charge in [0.25, 0.3) is 0 Å². The first-order valence-corrected chi connectivity index (χ1v) is 13.3. The second-order valence-corrected chi connectivity index (χ2v) is 10.00. The molecule has 0 N–H and O–H groups in total. The number of unbranched alkanes of at least 4 members (excludes halogenated alkanes) is 14. The highest BCUT2D eigenvalue weighted by molar-refractivity contribution is 7.54. The molecule has 6 nitrogen and oxygen atoms in total. The number of rotatable bonds is 20.